The van der Waals surface area contributed by atoms with Crippen LogP contribution in [0.5, 0.6) is 5.75 Å². The third-order valence-corrected chi connectivity index (χ3v) is 14.0. The van der Waals surface area contributed by atoms with Crippen LogP contribution in [0.1, 0.15) is 61.4 Å². The lowest BCUT2D eigenvalue weighted by molar-refractivity contribution is -0.119. The molecule has 7 rings (SSSR count). The van der Waals surface area contributed by atoms with Crippen LogP contribution in [-0.4, -0.2) is 134 Å². The lowest BCUT2D eigenvalue weighted by atomic mass is 10.0. The number of carbonyl (C=O) groups excluding carboxylic acids is 2. The second-order valence-corrected chi connectivity index (χ2v) is 20.1. The van der Waals surface area contributed by atoms with E-state index >= 15 is 0 Å². The summed E-state index contributed by atoms with van der Waals surface area (Å²) in [6.07, 6.45) is 1.00. The van der Waals surface area contributed by atoms with Gasteiger partial charge >= 0.3 is 6.09 Å². The van der Waals surface area contributed by atoms with Crippen molar-refractivity contribution in [1.82, 2.24) is 19.8 Å². The third-order valence-electron chi connectivity index (χ3n) is 11.9. The molecule has 0 bridgehead atoms. The summed E-state index contributed by atoms with van der Waals surface area (Å²) in [6.45, 7) is 20.1. The maximum absolute atomic E-state index is 13.1. The quantitative estimate of drug-likeness (QED) is 0.157. The molecule has 0 atom stereocenters. The fourth-order valence-corrected chi connectivity index (χ4v) is 9.75. The Balaban J connectivity index is 0.000000210. The number of ether oxygens (including phenoxy) is 2. The third kappa shape index (κ3) is 15.7. The molecule has 1 amide bonds. The van der Waals surface area contributed by atoms with Gasteiger partial charge in [0, 0.05) is 122 Å². The second-order valence-electron chi connectivity index (χ2n) is 18.1. The summed E-state index contributed by atoms with van der Waals surface area (Å²) in [5.41, 5.74) is 6.70. The molecule has 0 aromatic heterocycles. The maximum Gasteiger partial charge on any atom is 0.410 e. The van der Waals surface area contributed by atoms with Gasteiger partial charge in [0.1, 0.15) is 17.1 Å². The number of hydrogen-bond donors (Lipinski definition) is 2. The van der Waals surface area contributed by atoms with Gasteiger partial charge in [0.2, 0.25) is 10.0 Å². The maximum atomic E-state index is 13.1. The first-order chi connectivity index (χ1) is 32.5. The molecule has 0 saturated carbocycles. The Morgan fingerprint density at radius 2 is 1.16 bits per heavy atom. The van der Waals surface area contributed by atoms with Crippen molar-refractivity contribution in [2.45, 2.75) is 64.4 Å². The van der Waals surface area contributed by atoms with Gasteiger partial charge in [-0.05, 0) is 118 Å². The number of nitriles is 2. The first-order valence-corrected chi connectivity index (χ1v) is 24.8. The Morgan fingerprint density at radius 3 is 1.63 bits per heavy atom. The molecule has 3 fully saturated rings. The average Bonchev–Trinajstić information content (AvgIpc) is 3.35. The van der Waals surface area contributed by atoms with Gasteiger partial charge in [-0.15, -0.1) is 0 Å². The standard InChI is InChI=1S/C25H35N3O4S.C16H21N3O2.C11H13N3/c1-19-16-24(32-4)17-20(2)25(19)33(30,31)27(3)13-10-23(29)9-8-21-6-5-7-22(18-21)28-14-11-26-12-15-28;1-16(2,3)21-15(20)19-9-7-18(8-10-19)14-6-4-5-13(11-14)12-17;12-9-10-2-1-3-11(8-10)14-6-4-13-5-7-14/h5-7,16-18,26H,8-15H2,1-4H3;4-6,11H,7-10H2,1-3H3;1-3,8,13H,4-7H2. The zero-order chi connectivity index (χ0) is 49.3. The van der Waals surface area contributed by atoms with E-state index in [1.807, 2.05) is 69.3 Å². The van der Waals surface area contributed by atoms with Crippen molar-refractivity contribution in [2.75, 3.05) is 114 Å². The van der Waals surface area contributed by atoms with Crippen LogP contribution in [0.2, 0.25) is 0 Å². The number of anilines is 3. The number of nitrogens with zero attached hydrogens (tertiary/aromatic N) is 7. The summed E-state index contributed by atoms with van der Waals surface area (Å²) in [7, 11) is -0.604. The van der Waals surface area contributed by atoms with E-state index < -0.39 is 15.6 Å². The van der Waals surface area contributed by atoms with Crippen molar-refractivity contribution in [3.05, 3.63) is 113 Å². The molecule has 364 valence electrons. The summed E-state index contributed by atoms with van der Waals surface area (Å²) in [5, 5.41) is 24.4. The van der Waals surface area contributed by atoms with Gasteiger partial charge in [-0.3, -0.25) is 4.79 Å². The van der Waals surface area contributed by atoms with E-state index in [0.717, 1.165) is 87.9 Å². The molecule has 3 aliphatic heterocycles. The van der Waals surface area contributed by atoms with Crippen molar-refractivity contribution in [2.24, 2.45) is 0 Å². The number of ketones is 1. The minimum atomic E-state index is -3.69. The van der Waals surface area contributed by atoms with Gasteiger partial charge in [0.05, 0.1) is 35.3 Å². The van der Waals surface area contributed by atoms with Crippen molar-refractivity contribution < 1.29 is 27.5 Å². The summed E-state index contributed by atoms with van der Waals surface area (Å²) in [5.74, 6) is 0.690. The average molecular weight is 948 g/mol. The molecule has 2 N–H and O–H groups in total. The number of sulfonamides is 1. The van der Waals surface area contributed by atoms with E-state index in [0.29, 0.717) is 48.4 Å². The Bertz CT molecular complexity index is 2470. The van der Waals surface area contributed by atoms with Gasteiger partial charge in [0.15, 0.2) is 0 Å². The van der Waals surface area contributed by atoms with Crippen molar-refractivity contribution >= 4 is 39.0 Å². The minimum absolute atomic E-state index is 0.0628. The lowest BCUT2D eigenvalue weighted by Gasteiger charge is -2.36. The molecule has 0 unspecified atom stereocenters. The number of Topliss-reactive ketones (excluding diaryl/α,β-unsaturated/α-hetero) is 1. The molecule has 3 heterocycles. The molecule has 3 saturated heterocycles. The molecule has 4 aromatic carbocycles. The summed E-state index contributed by atoms with van der Waals surface area (Å²) in [4.78, 5) is 33.4. The molecule has 0 spiro atoms. The van der Waals surface area contributed by atoms with Crippen LogP contribution < -0.4 is 30.1 Å². The molecular formula is C52H69N9O6S. The molecular weight excluding hydrogens is 879 g/mol. The number of aryl methyl sites for hydroxylation is 3. The molecule has 0 radical (unpaired) electrons. The van der Waals surface area contributed by atoms with E-state index in [1.165, 1.54) is 17.0 Å². The van der Waals surface area contributed by atoms with Crippen LogP contribution in [0, 0.1) is 36.5 Å². The molecule has 4 aromatic rings. The van der Waals surface area contributed by atoms with Crippen LogP contribution in [0.15, 0.2) is 89.8 Å². The van der Waals surface area contributed by atoms with Crippen molar-refractivity contribution in [3.8, 4) is 17.9 Å². The molecule has 0 aliphatic carbocycles. The predicted octanol–water partition coefficient (Wildman–Crippen LogP) is 6.52. The van der Waals surface area contributed by atoms with E-state index in [4.69, 9.17) is 20.0 Å². The fraction of sp³-hybridized carbons (Fsp3) is 0.462. The van der Waals surface area contributed by atoms with Crippen LogP contribution in [0.3, 0.4) is 0 Å². The van der Waals surface area contributed by atoms with Gasteiger partial charge in [-0.25, -0.2) is 17.5 Å². The number of nitrogens with one attached hydrogen (secondary N) is 2. The largest absolute Gasteiger partial charge is 0.497 e. The summed E-state index contributed by atoms with van der Waals surface area (Å²) < 4.78 is 38.1. The van der Waals surface area contributed by atoms with Crippen LogP contribution in [-0.2, 0) is 26.0 Å². The predicted molar refractivity (Wildman–Crippen MR) is 269 cm³/mol. The second kappa shape index (κ2) is 25.3. The van der Waals surface area contributed by atoms with Crippen LogP contribution in [0.25, 0.3) is 0 Å². The highest BCUT2D eigenvalue weighted by Crippen LogP contribution is 2.28. The number of benzene rings is 4. The number of piperazine rings is 3. The number of methoxy groups -OCH3 is 1. The molecule has 15 nitrogen and oxygen atoms in total. The highest BCUT2D eigenvalue weighted by Gasteiger charge is 2.27. The zero-order valence-corrected chi connectivity index (χ0v) is 41.7. The van der Waals surface area contributed by atoms with Crippen molar-refractivity contribution in [1.29, 1.82) is 10.5 Å². The van der Waals surface area contributed by atoms with Gasteiger partial charge in [0.25, 0.3) is 0 Å². The monoisotopic (exact) mass is 948 g/mol. The van der Waals surface area contributed by atoms with E-state index in [2.05, 4.69) is 55.7 Å². The summed E-state index contributed by atoms with van der Waals surface area (Å²) >= 11 is 0. The topological polar surface area (TPSA) is 175 Å². The normalized spacial score (nSPS) is 15.2. The Morgan fingerprint density at radius 1 is 0.691 bits per heavy atom. The van der Waals surface area contributed by atoms with E-state index in [-0.39, 0.29) is 29.7 Å². The van der Waals surface area contributed by atoms with E-state index in [1.54, 1.807) is 44.1 Å². The highest BCUT2D eigenvalue weighted by molar-refractivity contribution is 7.89. The highest BCUT2D eigenvalue weighted by atomic mass is 32.2. The van der Waals surface area contributed by atoms with Gasteiger partial charge < -0.3 is 39.7 Å². The first-order valence-electron chi connectivity index (χ1n) is 23.4. The first kappa shape index (κ1) is 52.8. The molecule has 16 heteroatoms. The fourth-order valence-electron chi connectivity index (χ4n) is 8.17. The Labute approximate surface area is 404 Å². The van der Waals surface area contributed by atoms with Crippen LogP contribution >= 0.6 is 0 Å². The van der Waals surface area contributed by atoms with E-state index in [9.17, 15) is 18.0 Å². The number of rotatable bonds is 12. The Hall–Kier alpha value is -6.17. The zero-order valence-electron chi connectivity index (χ0n) is 40.9. The van der Waals surface area contributed by atoms with Crippen molar-refractivity contribution in [3.63, 3.8) is 0 Å². The lowest BCUT2D eigenvalue weighted by Crippen LogP contribution is -2.50. The van der Waals surface area contributed by atoms with Crippen LogP contribution in [0.4, 0.5) is 21.9 Å². The van der Waals surface area contributed by atoms with Gasteiger partial charge in [-0.2, -0.15) is 10.5 Å². The SMILES string of the molecule is CC(C)(C)OC(=O)N1CCN(c2cccc(C#N)c2)CC1.COc1cc(C)c(S(=O)(=O)N(C)CCC(=O)CCc2cccc(N3CCNCC3)c2)c(C)c1.N#Cc1cccc(N2CCNCC2)c1. The number of carbonyl (C=O) groups is 2. The number of amides is 1. The van der Waals surface area contributed by atoms with Gasteiger partial charge in [-0.1, -0.05) is 24.3 Å². The molecule has 68 heavy (non-hydrogen) atoms. The number of hydrogen-bond acceptors (Lipinski definition) is 13. The molecule has 3 aliphatic rings. The Kier molecular flexibility index (Phi) is 19.6. The minimum Gasteiger partial charge on any atom is -0.497 e. The summed E-state index contributed by atoms with van der Waals surface area (Å²) in [6, 6.07) is 31.4. The smallest absolute Gasteiger partial charge is 0.410 e.